The van der Waals surface area contributed by atoms with Crippen LogP contribution < -0.4 is 4.78 Å². The van der Waals surface area contributed by atoms with Gasteiger partial charge in [0.1, 0.15) is 0 Å². The molecular weight excluding hydrogens is 171 g/mol. The van der Waals surface area contributed by atoms with Crippen molar-refractivity contribution in [1.29, 1.82) is 0 Å². The van der Waals surface area contributed by atoms with Crippen LogP contribution in [0, 0.1) is 0 Å². The molecule has 0 N–H and O–H groups in total. The third kappa shape index (κ3) is 2.62. The van der Waals surface area contributed by atoms with E-state index in [1.807, 2.05) is 31.4 Å². The lowest BCUT2D eigenvalue weighted by Crippen LogP contribution is -2.34. The van der Waals surface area contributed by atoms with Gasteiger partial charge in [0.25, 0.3) is 0 Å². The molecule has 0 fully saturated rings. The van der Waals surface area contributed by atoms with E-state index >= 15 is 0 Å². The monoisotopic (exact) mass is 184 g/mol. The normalized spacial score (nSPS) is 10.2. The molecular formula is C8H13BO2S. The van der Waals surface area contributed by atoms with E-state index < -0.39 is 0 Å². The third-order valence-electron chi connectivity index (χ3n) is 1.41. The maximum absolute atomic E-state index is 5.41. The van der Waals surface area contributed by atoms with Gasteiger partial charge >= 0.3 is 7.12 Å². The molecule has 1 aromatic rings. The van der Waals surface area contributed by atoms with Gasteiger partial charge in [-0.3, -0.25) is 0 Å². The minimum atomic E-state index is -0.167. The summed E-state index contributed by atoms with van der Waals surface area (Å²) in [5, 5.41) is 2.03. The summed E-state index contributed by atoms with van der Waals surface area (Å²) in [6.45, 7) is 5.31. The van der Waals surface area contributed by atoms with Crippen LogP contribution in [0.15, 0.2) is 17.5 Å². The van der Waals surface area contributed by atoms with Gasteiger partial charge in [0.15, 0.2) is 0 Å². The van der Waals surface area contributed by atoms with Crippen molar-refractivity contribution in [3.63, 3.8) is 0 Å². The van der Waals surface area contributed by atoms with E-state index in [0.717, 1.165) is 4.78 Å². The molecule has 0 aliphatic heterocycles. The molecule has 1 aromatic heterocycles. The Morgan fingerprint density at radius 3 is 2.42 bits per heavy atom. The average molecular weight is 184 g/mol. The fourth-order valence-electron chi connectivity index (χ4n) is 0.941. The van der Waals surface area contributed by atoms with E-state index in [9.17, 15) is 0 Å². The second-order valence-electron chi connectivity index (χ2n) is 2.26. The Morgan fingerprint density at radius 1 is 1.33 bits per heavy atom. The maximum atomic E-state index is 5.41. The number of thiophene rings is 1. The molecule has 0 aromatic carbocycles. The lowest BCUT2D eigenvalue weighted by Gasteiger charge is -2.09. The van der Waals surface area contributed by atoms with Crippen LogP contribution in [0.5, 0.6) is 0 Å². The molecule has 12 heavy (non-hydrogen) atoms. The first-order valence-corrected chi connectivity index (χ1v) is 5.03. The van der Waals surface area contributed by atoms with Crippen LogP contribution in [0.25, 0.3) is 0 Å². The zero-order valence-corrected chi connectivity index (χ0v) is 8.26. The maximum Gasteiger partial charge on any atom is 0.504 e. The van der Waals surface area contributed by atoms with Crippen LogP contribution >= 0.6 is 11.3 Å². The van der Waals surface area contributed by atoms with Gasteiger partial charge in [0.2, 0.25) is 0 Å². The van der Waals surface area contributed by atoms with E-state index in [4.69, 9.17) is 9.31 Å². The standard InChI is InChI=1S/C8H13BO2S/c1-3-10-9(11-4-2)8-6-5-7-12-8/h5-7H,3-4H2,1-2H3. The summed E-state index contributed by atoms with van der Waals surface area (Å²) in [7, 11) is -0.167. The zero-order valence-electron chi connectivity index (χ0n) is 7.45. The van der Waals surface area contributed by atoms with Gasteiger partial charge in [-0.05, 0) is 19.2 Å². The van der Waals surface area contributed by atoms with Gasteiger partial charge in [-0.2, -0.15) is 11.3 Å². The van der Waals surface area contributed by atoms with E-state index in [-0.39, 0.29) is 7.12 Å². The largest absolute Gasteiger partial charge is 0.504 e. The smallest absolute Gasteiger partial charge is 0.407 e. The Morgan fingerprint density at radius 2 is 2.00 bits per heavy atom. The van der Waals surface area contributed by atoms with Gasteiger partial charge in [0, 0.05) is 18.0 Å². The van der Waals surface area contributed by atoms with E-state index in [0.29, 0.717) is 13.2 Å². The quantitative estimate of drug-likeness (QED) is 0.646. The van der Waals surface area contributed by atoms with Crippen molar-refractivity contribution in [2.24, 2.45) is 0 Å². The first-order valence-electron chi connectivity index (χ1n) is 4.15. The predicted molar refractivity (Wildman–Crippen MR) is 53.0 cm³/mol. The molecule has 2 nitrogen and oxygen atoms in total. The number of hydrogen-bond donors (Lipinski definition) is 0. The second kappa shape index (κ2) is 5.35. The molecule has 1 heterocycles. The molecule has 0 amide bonds. The third-order valence-corrected chi connectivity index (χ3v) is 2.31. The van der Waals surface area contributed by atoms with Gasteiger partial charge in [-0.25, -0.2) is 0 Å². The number of hydrogen-bond acceptors (Lipinski definition) is 3. The molecule has 0 unspecified atom stereocenters. The lowest BCUT2D eigenvalue weighted by atomic mass is 9.87. The van der Waals surface area contributed by atoms with Gasteiger partial charge in [0.05, 0.1) is 0 Å². The van der Waals surface area contributed by atoms with Crippen LogP contribution in [0.1, 0.15) is 13.8 Å². The Balaban J connectivity index is 2.53. The van der Waals surface area contributed by atoms with Crippen molar-refractivity contribution >= 4 is 23.2 Å². The molecule has 0 saturated heterocycles. The highest BCUT2D eigenvalue weighted by Crippen LogP contribution is 1.99. The first-order chi connectivity index (χ1) is 5.88. The van der Waals surface area contributed by atoms with E-state index in [2.05, 4.69) is 0 Å². The van der Waals surface area contributed by atoms with E-state index in [1.54, 1.807) is 11.3 Å². The highest BCUT2D eigenvalue weighted by molar-refractivity contribution is 7.20. The van der Waals surface area contributed by atoms with Gasteiger partial charge in [-0.1, -0.05) is 12.1 Å². The molecule has 0 radical (unpaired) electrons. The van der Waals surface area contributed by atoms with Crippen LogP contribution in [0.3, 0.4) is 0 Å². The fourth-order valence-corrected chi connectivity index (χ4v) is 1.66. The van der Waals surface area contributed by atoms with Crippen LogP contribution in [-0.2, 0) is 9.31 Å². The summed E-state index contributed by atoms with van der Waals surface area (Å²) in [6, 6.07) is 4.03. The fraction of sp³-hybridized carbons (Fsp3) is 0.500. The van der Waals surface area contributed by atoms with Gasteiger partial charge in [-0.15, -0.1) is 0 Å². The Hall–Kier alpha value is -0.315. The first kappa shape index (κ1) is 9.77. The summed E-state index contributed by atoms with van der Waals surface area (Å²) in [5.41, 5.74) is 0. The Bertz CT molecular complexity index is 195. The number of rotatable bonds is 5. The second-order valence-corrected chi connectivity index (χ2v) is 3.24. The minimum absolute atomic E-state index is 0.167. The van der Waals surface area contributed by atoms with Crippen LogP contribution in [0.2, 0.25) is 0 Å². The lowest BCUT2D eigenvalue weighted by molar-refractivity contribution is 0.226. The summed E-state index contributed by atoms with van der Waals surface area (Å²) in [6.07, 6.45) is 0. The Kier molecular flexibility index (Phi) is 4.36. The van der Waals surface area contributed by atoms with Gasteiger partial charge < -0.3 is 9.31 Å². The van der Waals surface area contributed by atoms with Crippen LogP contribution in [-0.4, -0.2) is 20.3 Å². The van der Waals surface area contributed by atoms with Crippen LogP contribution in [0.4, 0.5) is 0 Å². The molecule has 4 heteroatoms. The summed E-state index contributed by atoms with van der Waals surface area (Å²) < 4.78 is 12.0. The molecule has 0 aliphatic carbocycles. The van der Waals surface area contributed by atoms with Crippen molar-refractivity contribution in [2.75, 3.05) is 13.2 Å². The minimum Gasteiger partial charge on any atom is -0.407 e. The van der Waals surface area contributed by atoms with E-state index in [1.165, 1.54) is 0 Å². The SMILES string of the molecule is CCOB(OCC)c1cccs1. The summed E-state index contributed by atoms with van der Waals surface area (Å²) in [5.74, 6) is 0. The molecule has 0 saturated carbocycles. The van der Waals surface area contributed by atoms with Crippen molar-refractivity contribution < 1.29 is 9.31 Å². The van der Waals surface area contributed by atoms with Crippen molar-refractivity contribution in [1.82, 2.24) is 0 Å². The molecule has 0 spiro atoms. The molecule has 0 atom stereocenters. The van der Waals surface area contributed by atoms with Crippen molar-refractivity contribution in [2.45, 2.75) is 13.8 Å². The highest BCUT2D eigenvalue weighted by Gasteiger charge is 2.20. The topological polar surface area (TPSA) is 18.5 Å². The average Bonchev–Trinajstić information content (AvgIpc) is 2.56. The van der Waals surface area contributed by atoms with Crippen molar-refractivity contribution in [3.8, 4) is 0 Å². The summed E-state index contributed by atoms with van der Waals surface area (Å²) >= 11 is 1.66. The molecule has 66 valence electrons. The molecule has 1 rings (SSSR count). The zero-order chi connectivity index (χ0) is 8.81. The predicted octanol–water partition coefficient (Wildman–Crippen LogP) is 1.52. The molecule has 0 aliphatic rings. The van der Waals surface area contributed by atoms with Crippen molar-refractivity contribution in [3.05, 3.63) is 17.5 Å². The highest BCUT2D eigenvalue weighted by atomic mass is 32.1. The summed E-state index contributed by atoms with van der Waals surface area (Å²) in [4.78, 5) is 0. The molecule has 0 bridgehead atoms. The Labute approximate surface area is 77.7 Å².